The summed E-state index contributed by atoms with van der Waals surface area (Å²) in [6.45, 7) is 1.94. The molecule has 2 rings (SSSR count). The van der Waals surface area contributed by atoms with Crippen molar-refractivity contribution in [3.63, 3.8) is 0 Å². The third-order valence-corrected chi connectivity index (χ3v) is 2.47. The molecule has 80 valence electrons. The highest BCUT2D eigenvalue weighted by Gasteiger charge is 2.05. The van der Waals surface area contributed by atoms with Crippen molar-refractivity contribution < 1.29 is 9.18 Å². The number of aryl methyl sites for hydroxylation is 1. The fourth-order valence-corrected chi connectivity index (χ4v) is 1.68. The molecule has 0 aliphatic carbocycles. The third-order valence-electron chi connectivity index (χ3n) is 2.47. The van der Waals surface area contributed by atoms with E-state index < -0.39 is 0 Å². The van der Waals surface area contributed by atoms with Gasteiger partial charge < -0.3 is 0 Å². The fraction of sp³-hybridized carbons (Fsp3) is 0.0714. The van der Waals surface area contributed by atoms with Gasteiger partial charge in [0.15, 0.2) is 6.29 Å². The maximum atomic E-state index is 13.1. The molecule has 0 aliphatic rings. The van der Waals surface area contributed by atoms with Crippen LogP contribution in [-0.4, -0.2) is 6.29 Å². The summed E-state index contributed by atoms with van der Waals surface area (Å²) < 4.78 is 13.1. The Morgan fingerprint density at radius 2 is 1.94 bits per heavy atom. The average molecular weight is 214 g/mol. The van der Waals surface area contributed by atoms with Crippen molar-refractivity contribution in [2.45, 2.75) is 6.92 Å². The first kappa shape index (κ1) is 10.6. The Morgan fingerprint density at radius 3 is 2.62 bits per heavy atom. The van der Waals surface area contributed by atoms with Crippen LogP contribution >= 0.6 is 0 Å². The van der Waals surface area contributed by atoms with E-state index in [1.807, 2.05) is 19.1 Å². The Bertz CT molecular complexity index is 532. The van der Waals surface area contributed by atoms with Gasteiger partial charge in [-0.25, -0.2) is 4.39 Å². The standard InChI is InChI=1S/C14H11FO/c1-10-5-6-12(9-16)14(7-10)11-3-2-4-13(15)8-11/h2-9H,1H3. The van der Waals surface area contributed by atoms with Crippen LogP contribution < -0.4 is 0 Å². The predicted molar refractivity (Wildman–Crippen MR) is 62.0 cm³/mol. The molecule has 0 spiro atoms. The largest absolute Gasteiger partial charge is 0.298 e. The molecule has 0 fully saturated rings. The molecule has 0 aromatic heterocycles. The van der Waals surface area contributed by atoms with Crippen LogP contribution in [0.3, 0.4) is 0 Å². The Morgan fingerprint density at radius 1 is 1.12 bits per heavy atom. The van der Waals surface area contributed by atoms with E-state index >= 15 is 0 Å². The first-order valence-electron chi connectivity index (χ1n) is 5.02. The summed E-state index contributed by atoms with van der Waals surface area (Å²) in [5, 5.41) is 0. The Balaban J connectivity index is 2.62. The maximum absolute atomic E-state index is 13.1. The van der Waals surface area contributed by atoms with E-state index in [9.17, 15) is 9.18 Å². The van der Waals surface area contributed by atoms with Crippen molar-refractivity contribution in [2.75, 3.05) is 0 Å². The lowest BCUT2D eigenvalue weighted by Gasteiger charge is -2.06. The molecule has 0 amide bonds. The van der Waals surface area contributed by atoms with Gasteiger partial charge in [0.05, 0.1) is 0 Å². The molecule has 0 saturated heterocycles. The number of carbonyl (C=O) groups excluding carboxylic acids is 1. The summed E-state index contributed by atoms with van der Waals surface area (Å²) in [4.78, 5) is 10.9. The maximum Gasteiger partial charge on any atom is 0.150 e. The van der Waals surface area contributed by atoms with E-state index in [-0.39, 0.29) is 5.82 Å². The van der Waals surface area contributed by atoms with Gasteiger partial charge in [-0.1, -0.05) is 35.9 Å². The average Bonchev–Trinajstić information content (AvgIpc) is 2.29. The zero-order valence-electron chi connectivity index (χ0n) is 8.91. The highest BCUT2D eigenvalue weighted by Crippen LogP contribution is 2.24. The van der Waals surface area contributed by atoms with Gasteiger partial charge in [-0.2, -0.15) is 0 Å². The molecule has 2 aromatic carbocycles. The Hall–Kier alpha value is -1.96. The van der Waals surface area contributed by atoms with Gasteiger partial charge in [0.2, 0.25) is 0 Å². The van der Waals surface area contributed by atoms with E-state index in [1.165, 1.54) is 12.1 Å². The lowest BCUT2D eigenvalue weighted by molar-refractivity contribution is 0.112. The monoisotopic (exact) mass is 214 g/mol. The number of halogens is 1. The number of hydrogen-bond donors (Lipinski definition) is 0. The van der Waals surface area contributed by atoms with E-state index in [1.54, 1.807) is 18.2 Å². The number of benzene rings is 2. The predicted octanol–water partition coefficient (Wildman–Crippen LogP) is 3.61. The second-order valence-corrected chi connectivity index (χ2v) is 3.72. The number of rotatable bonds is 2. The van der Waals surface area contributed by atoms with Crippen LogP contribution in [0.1, 0.15) is 15.9 Å². The van der Waals surface area contributed by atoms with Crippen molar-refractivity contribution in [1.29, 1.82) is 0 Å². The molecule has 2 aromatic rings. The molecule has 0 atom stereocenters. The van der Waals surface area contributed by atoms with Gasteiger partial charge in [0.1, 0.15) is 5.82 Å². The van der Waals surface area contributed by atoms with Crippen LogP contribution in [0.2, 0.25) is 0 Å². The van der Waals surface area contributed by atoms with Gasteiger partial charge in [-0.05, 0) is 30.2 Å². The Labute approximate surface area is 93.5 Å². The van der Waals surface area contributed by atoms with Crippen molar-refractivity contribution >= 4 is 6.29 Å². The SMILES string of the molecule is Cc1ccc(C=O)c(-c2cccc(F)c2)c1. The molecule has 0 heterocycles. The quantitative estimate of drug-likeness (QED) is 0.698. The van der Waals surface area contributed by atoms with E-state index in [0.29, 0.717) is 5.56 Å². The highest BCUT2D eigenvalue weighted by molar-refractivity contribution is 5.87. The molecule has 16 heavy (non-hydrogen) atoms. The molecule has 0 N–H and O–H groups in total. The number of carbonyl (C=O) groups is 1. The summed E-state index contributed by atoms with van der Waals surface area (Å²) in [6, 6.07) is 11.8. The topological polar surface area (TPSA) is 17.1 Å². The van der Waals surface area contributed by atoms with Crippen LogP contribution in [0.15, 0.2) is 42.5 Å². The lowest BCUT2D eigenvalue weighted by atomic mass is 9.98. The molecular formula is C14H11FO. The normalized spacial score (nSPS) is 10.1. The highest BCUT2D eigenvalue weighted by atomic mass is 19.1. The van der Waals surface area contributed by atoms with Crippen LogP contribution in [0, 0.1) is 12.7 Å². The van der Waals surface area contributed by atoms with Crippen molar-refractivity contribution in [2.24, 2.45) is 0 Å². The second-order valence-electron chi connectivity index (χ2n) is 3.72. The van der Waals surface area contributed by atoms with Gasteiger partial charge >= 0.3 is 0 Å². The van der Waals surface area contributed by atoms with Crippen molar-refractivity contribution in [1.82, 2.24) is 0 Å². The molecule has 0 saturated carbocycles. The summed E-state index contributed by atoms with van der Waals surface area (Å²) in [5.41, 5.74) is 3.13. The molecule has 0 bridgehead atoms. The van der Waals surface area contributed by atoms with E-state index in [2.05, 4.69) is 0 Å². The zero-order valence-corrected chi connectivity index (χ0v) is 8.91. The molecule has 0 aliphatic heterocycles. The molecule has 0 unspecified atom stereocenters. The summed E-state index contributed by atoms with van der Waals surface area (Å²) >= 11 is 0. The third kappa shape index (κ3) is 2.01. The van der Waals surface area contributed by atoms with Crippen molar-refractivity contribution in [3.05, 3.63) is 59.4 Å². The molecule has 1 nitrogen and oxygen atoms in total. The first-order chi connectivity index (χ1) is 7.70. The molecule has 2 heteroatoms. The van der Waals surface area contributed by atoms with Gasteiger partial charge in [-0.3, -0.25) is 4.79 Å². The second kappa shape index (κ2) is 4.27. The zero-order chi connectivity index (χ0) is 11.5. The number of hydrogen-bond acceptors (Lipinski definition) is 1. The molecular weight excluding hydrogens is 203 g/mol. The molecule has 0 radical (unpaired) electrons. The van der Waals surface area contributed by atoms with E-state index in [0.717, 1.165) is 23.0 Å². The number of aldehydes is 1. The lowest BCUT2D eigenvalue weighted by Crippen LogP contribution is -1.89. The minimum Gasteiger partial charge on any atom is -0.298 e. The van der Waals surface area contributed by atoms with Crippen LogP contribution in [-0.2, 0) is 0 Å². The summed E-state index contributed by atoms with van der Waals surface area (Å²) in [5.74, 6) is -0.296. The summed E-state index contributed by atoms with van der Waals surface area (Å²) in [7, 11) is 0. The fourth-order valence-electron chi connectivity index (χ4n) is 1.68. The van der Waals surface area contributed by atoms with E-state index in [4.69, 9.17) is 0 Å². The minimum atomic E-state index is -0.296. The minimum absolute atomic E-state index is 0.296. The summed E-state index contributed by atoms with van der Waals surface area (Å²) in [6.07, 6.45) is 0.791. The Kier molecular flexibility index (Phi) is 2.82. The van der Waals surface area contributed by atoms with Crippen molar-refractivity contribution in [3.8, 4) is 11.1 Å². The van der Waals surface area contributed by atoms with Crippen LogP contribution in [0.5, 0.6) is 0 Å². The van der Waals surface area contributed by atoms with Crippen LogP contribution in [0.25, 0.3) is 11.1 Å². The first-order valence-corrected chi connectivity index (χ1v) is 5.02. The van der Waals surface area contributed by atoms with Gasteiger partial charge in [-0.15, -0.1) is 0 Å². The van der Waals surface area contributed by atoms with Crippen LogP contribution in [0.4, 0.5) is 4.39 Å². The van der Waals surface area contributed by atoms with Gasteiger partial charge in [0.25, 0.3) is 0 Å². The smallest absolute Gasteiger partial charge is 0.150 e. The van der Waals surface area contributed by atoms with Gasteiger partial charge in [0, 0.05) is 5.56 Å².